The van der Waals surface area contributed by atoms with E-state index in [9.17, 15) is 4.79 Å². The molecule has 0 saturated heterocycles. The zero-order valence-corrected chi connectivity index (χ0v) is 17.9. The largest absolute Gasteiger partial charge is 0.487 e. The van der Waals surface area contributed by atoms with Crippen LogP contribution in [0.3, 0.4) is 0 Å². The number of halogens is 1. The highest BCUT2D eigenvalue weighted by Crippen LogP contribution is 2.39. The summed E-state index contributed by atoms with van der Waals surface area (Å²) in [4.78, 5) is 12.5. The number of carbonyl (C=O) groups is 1. The van der Waals surface area contributed by atoms with Gasteiger partial charge in [0.2, 0.25) is 0 Å². The fourth-order valence-corrected chi connectivity index (χ4v) is 3.90. The monoisotopic (exact) mass is 431 g/mol. The molecule has 2 aromatic carbocycles. The van der Waals surface area contributed by atoms with Gasteiger partial charge in [0, 0.05) is 12.0 Å². The second-order valence-corrected chi connectivity index (χ2v) is 8.49. The third kappa shape index (κ3) is 4.83. The van der Waals surface area contributed by atoms with Crippen LogP contribution < -0.4 is 14.8 Å². The van der Waals surface area contributed by atoms with Crippen molar-refractivity contribution in [3.05, 3.63) is 57.6 Å². The molecule has 0 spiro atoms. The number of benzene rings is 2. The van der Waals surface area contributed by atoms with E-state index in [4.69, 9.17) is 9.47 Å². The Morgan fingerprint density at radius 1 is 1.30 bits per heavy atom. The summed E-state index contributed by atoms with van der Waals surface area (Å²) in [6, 6.07) is 11.9. The fraction of sp³-hybridized carbons (Fsp3) is 0.409. The topological polar surface area (TPSA) is 47.6 Å². The fourth-order valence-electron chi connectivity index (χ4n) is 3.36. The molecule has 1 atom stereocenters. The SMILES string of the molecule is CCc1ccc(OCC(=O)N[C@@H]2CC(C)(C)Oc3ccc(C)cc32)c(Br)c1. The number of hydrogen-bond donors (Lipinski definition) is 1. The maximum Gasteiger partial charge on any atom is 0.258 e. The first kappa shape index (κ1) is 19.7. The third-order valence-corrected chi connectivity index (χ3v) is 5.34. The van der Waals surface area contributed by atoms with Crippen molar-refractivity contribution in [2.24, 2.45) is 0 Å². The second kappa shape index (κ2) is 7.93. The minimum Gasteiger partial charge on any atom is -0.487 e. The van der Waals surface area contributed by atoms with Crippen molar-refractivity contribution in [1.29, 1.82) is 0 Å². The van der Waals surface area contributed by atoms with Gasteiger partial charge in [0.1, 0.15) is 17.1 Å². The molecule has 1 aliphatic heterocycles. The van der Waals surface area contributed by atoms with E-state index >= 15 is 0 Å². The molecule has 0 radical (unpaired) electrons. The summed E-state index contributed by atoms with van der Waals surface area (Å²) >= 11 is 3.51. The van der Waals surface area contributed by atoms with Crippen LogP contribution in [0.4, 0.5) is 0 Å². The summed E-state index contributed by atoms with van der Waals surface area (Å²) < 4.78 is 12.6. The lowest BCUT2D eigenvalue weighted by atomic mass is 9.89. The van der Waals surface area contributed by atoms with Gasteiger partial charge in [-0.25, -0.2) is 0 Å². The molecule has 144 valence electrons. The molecule has 0 aromatic heterocycles. The molecule has 1 aliphatic rings. The van der Waals surface area contributed by atoms with E-state index in [0.29, 0.717) is 12.2 Å². The molecule has 27 heavy (non-hydrogen) atoms. The number of ether oxygens (including phenoxy) is 2. The Morgan fingerprint density at radius 3 is 2.78 bits per heavy atom. The molecular formula is C22H26BrNO3. The van der Waals surface area contributed by atoms with Gasteiger partial charge in [0.25, 0.3) is 5.91 Å². The highest BCUT2D eigenvalue weighted by atomic mass is 79.9. The van der Waals surface area contributed by atoms with Crippen molar-refractivity contribution in [3.8, 4) is 11.5 Å². The van der Waals surface area contributed by atoms with Crippen molar-refractivity contribution in [2.75, 3.05) is 6.61 Å². The van der Waals surface area contributed by atoms with E-state index < -0.39 is 0 Å². The number of hydrogen-bond acceptors (Lipinski definition) is 3. The van der Waals surface area contributed by atoms with Gasteiger partial charge >= 0.3 is 0 Å². The third-order valence-electron chi connectivity index (χ3n) is 4.72. The van der Waals surface area contributed by atoms with Crippen molar-refractivity contribution >= 4 is 21.8 Å². The van der Waals surface area contributed by atoms with Crippen LogP contribution in [-0.4, -0.2) is 18.1 Å². The van der Waals surface area contributed by atoms with E-state index in [-0.39, 0.29) is 24.2 Å². The molecule has 0 saturated carbocycles. The summed E-state index contributed by atoms with van der Waals surface area (Å²) in [7, 11) is 0. The Bertz CT molecular complexity index is 847. The van der Waals surface area contributed by atoms with E-state index in [1.54, 1.807) is 0 Å². The van der Waals surface area contributed by atoms with Crippen molar-refractivity contribution in [1.82, 2.24) is 5.32 Å². The van der Waals surface area contributed by atoms with Crippen LogP contribution in [0, 0.1) is 6.92 Å². The van der Waals surface area contributed by atoms with Gasteiger partial charge in [-0.05, 0) is 66.9 Å². The number of amides is 1. The standard InChI is InChI=1S/C22H26BrNO3/c1-5-15-7-9-20(17(23)11-15)26-13-21(25)24-18-12-22(3,4)27-19-8-6-14(2)10-16(18)19/h6-11,18H,5,12-13H2,1-4H3,(H,24,25)/t18-/m1/s1. The Kier molecular flexibility index (Phi) is 5.80. The Balaban J connectivity index is 1.68. The van der Waals surface area contributed by atoms with Gasteiger partial charge in [0.15, 0.2) is 6.61 Å². The maximum absolute atomic E-state index is 12.5. The van der Waals surface area contributed by atoms with Crippen molar-refractivity contribution in [2.45, 2.75) is 52.2 Å². The molecule has 2 aromatic rings. The van der Waals surface area contributed by atoms with Crippen LogP contribution in [0.15, 0.2) is 40.9 Å². The minimum absolute atomic E-state index is 0.0248. The Hall–Kier alpha value is -2.01. The summed E-state index contributed by atoms with van der Waals surface area (Å²) in [5.41, 5.74) is 3.05. The van der Waals surface area contributed by atoms with Gasteiger partial charge in [-0.1, -0.05) is 30.7 Å². The van der Waals surface area contributed by atoms with Crippen molar-refractivity contribution < 1.29 is 14.3 Å². The van der Waals surface area contributed by atoms with E-state index in [1.165, 1.54) is 5.56 Å². The van der Waals surface area contributed by atoms with Crippen LogP contribution in [-0.2, 0) is 11.2 Å². The summed E-state index contributed by atoms with van der Waals surface area (Å²) in [6.07, 6.45) is 1.67. The predicted octanol–water partition coefficient (Wildman–Crippen LogP) is 5.12. The molecule has 3 rings (SSSR count). The van der Waals surface area contributed by atoms with Crippen LogP contribution in [0.5, 0.6) is 11.5 Å². The van der Waals surface area contributed by atoms with Gasteiger partial charge in [0.05, 0.1) is 10.5 Å². The first-order valence-corrected chi connectivity index (χ1v) is 10.1. The van der Waals surface area contributed by atoms with Crippen molar-refractivity contribution in [3.63, 3.8) is 0 Å². The average molecular weight is 432 g/mol. The first-order valence-electron chi connectivity index (χ1n) is 9.27. The second-order valence-electron chi connectivity index (χ2n) is 7.63. The highest BCUT2D eigenvalue weighted by molar-refractivity contribution is 9.10. The van der Waals surface area contributed by atoms with E-state index in [1.807, 2.05) is 51.1 Å². The van der Waals surface area contributed by atoms with Gasteiger partial charge in [-0.2, -0.15) is 0 Å². The van der Waals surface area contributed by atoms with Gasteiger partial charge < -0.3 is 14.8 Å². The number of fused-ring (bicyclic) bond motifs is 1. The molecule has 4 nitrogen and oxygen atoms in total. The minimum atomic E-state index is -0.333. The summed E-state index contributed by atoms with van der Waals surface area (Å²) in [6.45, 7) is 8.20. The maximum atomic E-state index is 12.5. The van der Waals surface area contributed by atoms with E-state index in [2.05, 4.69) is 34.2 Å². The van der Waals surface area contributed by atoms with Crippen LogP contribution in [0.2, 0.25) is 0 Å². The molecule has 0 unspecified atom stereocenters. The molecule has 1 N–H and O–H groups in total. The number of carbonyl (C=O) groups excluding carboxylic acids is 1. The zero-order valence-electron chi connectivity index (χ0n) is 16.3. The smallest absolute Gasteiger partial charge is 0.258 e. The molecule has 0 fully saturated rings. The molecule has 1 heterocycles. The quantitative estimate of drug-likeness (QED) is 0.714. The van der Waals surface area contributed by atoms with Crippen LogP contribution in [0.1, 0.15) is 49.9 Å². The van der Waals surface area contributed by atoms with Gasteiger partial charge in [-0.3, -0.25) is 4.79 Å². The molecular weight excluding hydrogens is 406 g/mol. The molecule has 0 aliphatic carbocycles. The number of rotatable bonds is 5. The highest BCUT2D eigenvalue weighted by Gasteiger charge is 2.34. The molecule has 0 bridgehead atoms. The lowest BCUT2D eigenvalue weighted by Crippen LogP contribution is -2.42. The summed E-state index contributed by atoms with van der Waals surface area (Å²) in [5.74, 6) is 1.36. The first-order chi connectivity index (χ1) is 12.8. The van der Waals surface area contributed by atoms with E-state index in [0.717, 1.165) is 27.8 Å². The summed E-state index contributed by atoms with van der Waals surface area (Å²) in [5, 5.41) is 3.11. The van der Waals surface area contributed by atoms with Crippen LogP contribution >= 0.6 is 15.9 Å². The molecule has 5 heteroatoms. The normalized spacial score (nSPS) is 17.6. The number of nitrogens with one attached hydrogen (secondary N) is 1. The van der Waals surface area contributed by atoms with Crippen LogP contribution in [0.25, 0.3) is 0 Å². The molecule has 1 amide bonds. The number of aryl methyl sites for hydroxylation is 2. The predicted molar refractivity (Wildman–Crippen MR) is 110 cm³/mol. The Labute approximate surface area is 169 Å². The van der Waals surface area contributed by atoms with Gasteiger partial charge in [-0.15, -0.1) is 0 Å². The average Bonchev–Trinajstić information content (AvgIpc) is 2.60. The Morgan fingerprint density at radius 2 is 2.07 bits per heavy atom. The lowest BCUT2D eigenvalue weighted by Gasteiger charge is -2.38. The lowest BCUT2D eigenvalue weighted by molar-refractivity contribution is -0.124. The zero-order chi connectivity index (χ0) is 19.6.